The highest BCUT2D eigenvalue weighted by Crippen LogP contribution is 2.32. The fourth-order valence-corrected chi connectivity index (χ4v) is 3.12. The second-order valence-electron chi connectivity index (χ2n) is 6.22. The molecule has 0 saturated carbocycles. The monoisotopic (exact) mass is 376 g/mol. The Morgan fingerprint density at radius 3 is 2.39 bits per heavy atom. The van der Waals surface area contributed by atoms with Crippen molar-refractivity contribution in [3.8, 4) is 11.1 Å². The van der Waals surface area contributed by atoms with E-state index in [9.17, 15) is 18.4 Å². The van der Waals surface area contributed by atoms with E-state index in [0.717, 1.165) is 12.1 Å². The van der Waals surface area contributed by atoms with Crippen LogP contribution in [0.25, 0.3) is 22.0 Å². The molecule has 1 aromatic heterocycles. The number of hydrogen-bond acceptors (Lipinski definition) is 2. The molecular formula is C22H14F2N2O2. The molecule has 0 spiro atoms. The van der Waals surface area contributed by atoms with Crippen LogP contribution in [0.4, 0.5) is 14.5 Å². The fourth-order valence-electron chi connectivity index (χ4n) is 3.12. The quantitative estimate of drug-likeness (QED) is 0.543. The van der Waals surface area contributed by atoms with Crippen molar-refractivity contribution in [3.63, 3.8) is 0 Å². The minimum absolute atomic E-state index is 0.0992. The zero-order chi connectivity index (χ0) is 19.7. The highest BCUT2D eigenvalue weighted by molar-refractivity contribution is 6.13. The number of hydrogen-bond donors (Lipinski definition) is 2. The number of nitrogens with one attached hydrogen (secondary N) is 2. The van der Waals surface area contributed by atoms with Crippen molar-refractivity contribution in [2.24, 2.45) is 0 Å². The molecule has 6 heteroatoms. The van der Waals surface area contributed by atoms with Crippen LogP contribution in [0.1, 0.15) is 10.4 Å². The number of para-hydroxylation sites is 1. The van der Waals surface area contributed by atoms with E-state index in [1.807, 2.05) is 0 Å². The Hall–Kier alpha value is -3.80. The van der Waals surface area contributed by atoms with Crippen molar-refractivity contribution in [2.45, 2.75) is 0 Å². The summed E-state index contributed by atoms with van der Waals surface area (Å²) in [5, 5.41) is 3.02. The summed E-state index contributed by atoms with van der Waals surface area (Å²) >= 11 is 0. The zero-order valence-electron chi connectivity index (χ0n) is 14.5. The molecule has 1 heterocycles. The van der Waals surface area contributed by atoms with Crippen LogP contribution < -0.4 is 10.9 Å². The van der Waals surface area contributed by atoms with Crippen LogP contribution in [0.15, 0.2) is 77.6 Å². The molecule has 0 aliphatic rings. The first kappa shape index (κ1) is 17.6. The van der Waals surface area contributed by atoms with Gasteiger partial charge in [0.25, 0.3) is 5.91 Å². The largest absolute Gasteiger partial charge is 0.322 e. The van der Waals surface area contributed by atoms with E-state index < -0.39 is 23.1 Å². The second kappa shape index (κ2) is 7.08. The van der Waals surface area contributed by atoms with E-state index in [-0.39, 0.29) is 16.8 Å². The van der Waals surface area contributed by atoms with Gasteiger partial charge in [0, 0.05) is 28.6 Å². The summed E-state index contributed by atoms with van der Waals surface area (Å²) in [7, 11) is 0. The molecule has 4 nitrogen and oxygen atoms in total. The van der Waals surface area contributed by atoms with Crippen LogP contribution in [0.2, 0.25) is 0 Å². The Morgan fingerprint density at radius 2 is 1.61 bits per heavy atom. The van der Waals surface area contributed by atoms with Crippen LogP contribution in [-0.4, -0.2) is 10.9 Å². The molecule has 0 atom stereocenters. The summed E-state index contributed by atoms with van der Waals surface area (Å²) in [5.41, 5.74) is 0.742. The average Bonchev–Trinajstić information content (AvgIpc) is 2.69. The van der Waals surface area contributed by atoms with Crippen molar-refractivity contribution in [1.29, 1.82) is 0 Å². The molecule has 0 radical (unpaired) electrons. The van der Waals surface area contributed by atoms with E-state index >= 15 is 0 Å². The normalized spacial score (nSPS) is 10.8. The molecule has 3 aromatic carbocycles. The van der Waals surface area contributed by atoms with Gasteiger partial charge >= 0.3 is 0 Å². The summed E-state index contributed by atoms with van der Waals surface area (Å²) in [6.45, 7) is 0. The standard InChI is InChI=1S/C22H14F2N2O2/c23-14-10-16(13-6-2-1-3-7-13)21(18(24)11-14)26-22(28)17-12-20(27)25-19-9-5-4-8-15(17)19/h1-12H,(H,25,27)(H,26,28). The molecule has 4 aromatic rings. The predicted octanol–water partition coefficient (Wildman–Crippen LogP) is 4.73. The average molecular weight is 376 g/mol. The van der Waals surface area contributed by atoms with E-state index in [1.54, 1.807) is 54.6 Å². The molecule has 0 bridgehead atoms. The summed E-state index contributed by atoms with van der Waals surface area (Å²) in [4.78, 5) is 27.4. The molecule has 0 saturated heterocycles. The van der Waals surface area contributed by atoms with Gasteiger partial charge in [0.15, 0.2) is 0 Å². The summed E-state index contributed by atoms with van der Waals surface area (Å²) in [5.74, 6) is -2.32. The molecule has 0 unspecified atom stereocenters. The number of rotatable bonds is 3. The lowest BCUT2D eigenvalue weighted by Gasteiger charge is -2.14. The second-order valence-corrected chi connectivity index (χ2v) is 6.22. The van der Waals surface area contributed by atoms with E-state index in [0.29, 0.717) is 22.5 Å². The highest BCUT2D eigenvalue weighted by Gasteiger charge is 2.18. The van der Waals surface area contributed by atoms with Gasteiger partial charge < -0.3 is 10.3 Å². The fraction of sp³-hybridized carbons (Fsp3) is 0. The van der Waals surface area contributed by atoms with Crippen molar-refractivity contribution >= 4 is 22.5 Å². The number of aromatic nitrogens is 1. The van der Waals surface area contributed by atoms with Crippen LogP contribution in [0, 0.1) is 11.6 Å². The van der Waals surface area contributed by atoms with Gasteiger partial charge in [0.05, 0.1) is 11.3 Å². The molecule has 0 aliphatic carbocycles. The Bertz CT molecular complexity index is 1250. The molecule has 28 heavy (non-hydrogen) atoms. The highest BCUT2D eigenvalue weighted by atomic mass is 19.1. The Morgan fingerprint density at radius 1 is 0.893 bits per heavy atom. The van der Waals surface area contributed by atoms with Crippen LogP contribution >= 0.6 is 0 Å². The molecule has 4 rings (SSSR count). The SMILES string of the molecule is O=C(Nc1c(F)cc(F)cc1-c1ccccc1)c1cc(=O)[nH]c2ccccc12. The van der Waals surface area contributed by atoms with Crippen molar-refractivity contribution < 1.29 is 13.6 Å². The lowest BCUT2D eigenvalue weighted by molar-refractivity contribution is 0.102. The number of aromatic amines is 1. The number of carbonyl (C=O) groups is 1. The van der Waals surface area contributed by atoms with Crippen LogP contribution in [0.5, 0.6) is 0 Å². The maximum Gasteiger partial charge on any atom is 0.256 e. The third kappa shape index (κ3) is 3.27. The number of benzene rings is 3. The third-order valence-corrected chi connectivity index (χ3v) is 4.37. The molecule has 0 aliphatic heterocycles. The van der Waals surface area contributed by atoms with Crippen molar-refractivity contribution in [1.82, 2.24) is 4.98 Å². The van der Waals surface area contributed by atoms with Gasteiger partial charge in [0.2, 0.25) is 5.56 Å². The van der Waals surface area contributed by atoms with Crippen LogP contribution in [0.3, 0.4) is 0 Å². The molecule has 0 fully saturated rings. The van der Waals surface area contributed by atoms with Crippen LogP contribution in [-0.2, 0) is 0 Å². The predicted molar refractivity (Wildman–Crippen MR) is 104 cm³/mol. The van der Waals surface area contributed by atoms with Gasteiger partial charge in [-0.1, -0.05) is 48.5 Å². The Balaban J connectivity index is 1.83. The minimum atomic E-state index is -0.902. The van der Waals surface area contributed by atoms with Gasteiger partial charge in [-0.2, -0.15) is 0 Å². The number of H-pyrrole nitrogens is 1. The van der Waals surface area contributed by atoms with Crippen molar-refractivity contribution in [2.75, 3.05) is 5.32 Å². The van der Waals surface area contributed by atoms with Gasteiger partial charge in [-0.3, -0.25) is 9.59 Å². The zero-order valence-corrected chi connectivity index (χ0v) is 14.5. The summed E-state index contributed by atoms with van der Waals surface area (Å²) in [6, 6.07) is 18.4. The van der Waals surface area contributed by atoms with E-state index in [4.69, 9.17) is 0 Å². The summed E-state index contributed by atoms with van der Waals surface area (Å²) in [6.07, 6.45) is 0. The Labute approximate surface area is 158 Å². The number of carbonyl (C=O) groups excluding carboxylic acids is 1. The van der Waals surface area contributed by atoms with Gasteiger partial charge in [-0.05, 0) is 17.7 Å². The van der Waals surface area contributed by atoms with Crippen molar-refractivity contribution in [3.05, 3.63) is 100 Å². The Kier molecular flexibility index (Phi) is 4.45. The molecule has 138 valence electrons. The third-order valence-electron chi connectivity index (χ3n) is 4.37. The van der Waals surface area contributed by atoms with E-state index in [2.05, 4.69) is 10.3 Å². The smallest absolute Gasteiger partial charge is 0.256 e. The molecule has 1 amide bonds. The maximum absolute atomic E-state index is 14.5. The number of halogens is 2. The minimum Gasteiger partial charge on any atom is -0.322 e. The van der Waals surface area contributed by atoms with Gasteiger partial charge in [-0.15, -0.1) is 0 Å². The maximum atomic E-state index is 14.5. The summed E-state index contributed by atoms with van der Waals surface area (Å²) < 4.78 is 28.4. The lowest BCUT2D eigenvalue weighted by atomic mass is 10.0. The molecular weight excluding hydrogens is 362 g/mol. The lowest BCUT2D eigenvalue weighted by Crippen LogP contribution is -2.18. The first-order valence-corrected chi connectivity index (χ1v) is 8.51. The topological polar surface area (TPSA) is 62.0 Å². The first-order valence-electron chi connectivity index (χ1n) is 8.51. The number of fused-ring (bicyclic) bond motifs is 1. The number of anilines is 1. The van der Waals surface area contributed by atoms with Gasteiger partial charge in [-0.25, -0.2) is 8.78 Å². The van der Waals surface area contributed by atoms with E-state index in [1.165, 1.54) is 0 Å². The molecule has 2 N–H and O–H groups in total. The van der Waals surface area contributed by atoms with Gasteiger partial charge in [0.1, 0.15) is 11.6 Å². The number of amides is 1. The first-order chi connectivity index (χ1) is 13.5. The number of pyridine rings is 1.